The molecule has 1 heterocycles. The first-order chi connectivity index (χ1) is 5.66. The monoisotopic (exact) mass is 169 g/mol. The Morgan fingerprint density at radius 1 is 1.67 bits per heavy atom. The van der Waals surface area contributed by atoms with Gasteiger partial charge in [0.2, 0.25) is 0 Å². The quantitative estimate of drug-likeness (QED) is 0.715. The zero-order chi connectivity index (χ0) is 9.14. The van der Waals surface area contributed by atoms with Crippen LogP contribution in [0.5, 0.6) is 0 Å². The summed E-state index contributed by atoms with van der Waals surface area (Å²) in [5, 5.41) is 9.68. The van der Waals surface area contributed by atoms with Crippen molar-refractivity contribution in [3.05, 3.63) is 23.7 Å². The highest BCUT2D eigenvalue weighted by Crippen LogP contribution is 2.24. The van der Waals surface area contributed by atoms with E-state index in [0.717, 1.165) is 5.56 Å². The molecule has 0 saturated carbocycles. The molecule has 1 aromatic rings. The Morgan fingerprint density at radius 2 is 2.33 bits per heavy atom. The van der Waals surface area contributed by atoms with Crippen LogP contribution in [0.25, 0.3) is 0 Å². The van der Waals surface area contributed by atoms with Crippen molar-refractivity contribution < 1.29 is 9.52 Å². The highest BCUT2D eigenvalue weighted by atomic mass is 16.4. The molecule has 0 aliphatic rings. The Hall–Kier alpha value is -0.800. The van der Waals surface area contributed by atoms with Gasteiger partial charge in [-0.25, -0.2) is 0 Å². The minimum Gasteiger partial charge on any atom is -0.466 e. The molecule has 0 amide bonds. The summed E-state index contributed by atoms with van der Waals surface area (Å²) in [4.78, 5) is 0. The maximum Gasteiger partial charge on any atom is 0.135 e. The van der Waals surface area contributed by atoms with Gasteiger partial charge in [-0.05, 0) is 25.1 Å². The molecule has 3 heteroatoms. The molecule has 68 valence electrons. The van der Waals surface area contributed by atoms with E-state index in [2.05, 4.69) is 0 Å². The van der Waals surface area contributed by atoms with Gasteiger partial charge in [-0.3, -0.25) is 0 Å². The summed E-state index contributed by atoms with van der Waals surface area (Å²) in [5.74, 6) is 0.669. The van der Waals surface area contributed by atoms with Gasteiger partial charge in [-0.2, -0.15) is 0 Å². The second-order valence-electron chi connectivity index (χ2n) is 3.13. The number of hydrogen-bond acceptors (Lipinski definition) is 3. The molecule has 0 spiro atoms. The minimum atomic E-state index is -0.579. The van der Waals surface area contributed by atoms with Crippen molar-refractivity contribution in [3.63, 3.8) is 0 Å². The Labute approximate surface area is 72.2 Å². The van der Waals surface area contributed by atoms with Crippen LogP contribution >= 0.6 is 0 Å². The summed E-state index contributed by atoms with van der Waals surface area (Å²) < 4.78 is 5.14. The van der Waals surface area contributed by atoms with E-state index in [1.807, 2.05) is 19.9 Å². The van der Waals surface area contributed by atoms with Gasteiger partial charge in [0.05, 0.1) is 6.26 Å². The van der Waals surface area contributed by atoms with Gasteiger partial charge < -0.3 is 15.3 Å². The molecule has 3 N–H and O–H groups in total. The van der Waals surface area contributed by atoms with Crippen molar-refractivity contribution in [2.24, 2.45) is 11.7 Å². The maximum atomic E-state index is 9.68. The van der Waals surface area contributed by atoms with Crippen LogP contribution in [0.3, 0.4) is 0 Å². The summed E-state index contributed by atoms with van der Waals surface area (Å²) in [6, 6.07) is 1.84. The Balaban J connectivity index is 2.77. The van der Waals surface area contributed by atoms with E-state index in [-0.39, 0.29) is 5.92 Å². The molecular formula is C9H15NO2. The third kappa shape index (κ3) is 1.68. The number of nitrogens with two attached hydrogens (primary N) is 1. The second-order valence-corrected chi connectivity index (χ2v) is 3.13. The number of aryl methyl sites for hydroxylation is 1. The molecule has 0 bridgehead atoms. The predicted molar refractivity (Wildman–Crippen MR) is 46.6 cm³/mol. The number of hydrogen-bond donors (Lipinski definition) is 2. The zero-order valence-electron chi connectivity index (χ0n) is 7.45. The average molecular weight is 169 g/mol. The lowest BCUT2D eigenvalue weighted by atomic mass is 10.0. The maximum absolute atomic E-state index is 9.68. The number of furan rings is 1. The molecule has 3 nitrogen and oxygen atoms in total. The van der Waals surface area contributed by atoms with Crippen LogP contribution in [0.1, 0.15) is 24.4 Å². The van der Waals surface area contributed by atoms with E-state index < -0.39 is 6.10 Å². The first-order valence-electron chi connectivity index (χ1n) is 4.09. The first kappa shape index (κ1) is 9.29. The zero-order valence-corrected chi connectivity index (χ0v) is 7.45. The Bertz CT molecular complexity index is 244. The van der Waals surface area contributed by atoms with Crippen molar-refractivity contribution in [2.75, 3.05) is 6.54 Å². The summed E-state index contributed by atoms with van der Waals surface area (Å²) in [6.45, 7) is 4.26. The van der Waals surface area contributed by atoms with E-state index in [1.54, 1.807) is 6.26 Å². The standard InChI is InChI=1S/C9H15NO2/c1-6-3-4-12-9(6)8(11)7(2)5-10/h3-4,7-8,11H,5,10H2,1-2H3. The smallest absolute Gasteiger partial charge is 0.135 e. The van der Waals surface area contributed by atoms with Gasteiger partial charge in [0.15, 0.2) is 0 Å². The minimum absolute atomic E-state index is 0.0369. The normalized spacial score (nSPS) is 16.0. The predicted octanol–water partition coefficient (Wildman–Crippen LogP) is 1.22. The van der Waals surface area contributed by atoms with Crippen LogP contribution in [0.2, 0.25) is 0 Å². The first-order valence-corrected chi connectivity index (χ1v) is 4.09. The number of rotatable bonds is 3. The lowest BCUT2D eigenvalue weighted by molar-refractivity contribution is 0.0971. The molecule has 0 aliphatic heterocycles. The van der Waals surface area contributed by atoms with E-state index in [1.165, 1.54) is 0 Å². The molecule has 0 saturated heterocycles. The molecule has 0 radical (unpaired) electrons. The van der Waals surface area contributed by atoms with Gasteiger partial charge >= 0.3 is 0 Å². The SMILES string of the molecule is Cc1ccoc1C(O)C(C)CN. The fraction of sp³-hybridized carbons (Fsp3) is 0.556. The molecule has 0 aliphatic carbocycles. The van der Waals surface area contributed by atoms with Crippen molar-refractivity contribution in [2.45, 2.75) is 20.0 Å². The number of aliphatic hydroxyl groups excluding tert-OH is 1. The third-order valence-corrected chi connectivity index (χ3v) is 2.08. The average Bonchev–Trinajstić information content (AvgIpc) is 2.48. The molecule has 0 aromatic carbocycles. The molecule has 0 fully saturated rings. The van der Waals surface area contributed by atoms with Crippen LogP contribution in [-0.4, -0.2) is 11.7 Å². The molecule has 2 unspecified atom stereocenters. The van der Waals surface area contributed by atoms with E-state index in [9.17, 15) is 5.11 Å². The van der Waals surface area contributed by atoms with Crippen LogP contribution in [0.4, 0.5) is 0 Å². The Kier molecular flexibility index (Phi) is 2.89. The lowest BCUT2D eigenvalue weighted by Crippen LogP contribution is -2.18. The molecule has 1 aromatic heterocycles. The number of aliphatic hydroxyl groups is 1. The van der Waals surface area contributed by atoms with Crippen LogP contribution in [0, 0.1) is 12.8 Å². The summed E-state index contributed by atoms with van der Waals surface area (Å²) >= 11 is 0. The molecule has 1 rings (SSSR count). The molecule has 2 atom stereocenters. The summed E-state index contributed by atoms with van der Waals surface area (Å²) in [7, 11) is 0. The van der Waals surface area contributed by atoms with Gasteiger partial charge in [-0.1, -0.05) is 6.92 Å². The molecular weight excluding hydrogens is 154 g/mol. The van der Waals surface area contributed by atoms with Crippen molar-refractivity contribution in [1.82, 2.24) is 0 Å². The fourth-order valence-electron chi connectivity index (χ4n) is 1.07. The van der Waals surface area contributed by atoms with Crippen molar-refractivity contribution >= 4 is 0 Å². The van der Waals surface area contributed by atoms with Gasteiger partial charge in [0, 0.05) is 5.92 Å². The van der Waals surface area contributed by atoms with Gasteiger partial charge in [-0.15, -0.1) is 0 Å². The van der Waals surface area contributed by atoms with Crippen LogP contribution < -0.4 is 5.73 Å². The highest BCUT2D eigenvalue weighted by Gasteiger charge is 2.19. The second kappa shape index (κ2) is 3.74. The van der Waals surface area contributed by atoms with E-state index in [4.69, 9.17) is 10.2 Å². The van der Waals surface area contributed by atoms with Gasteiger partial charge in [0.25, 0.3) is 0 Å². The van der Waals surface area contributed by atoms with Crippen molar-refractivity contribution in [3.8, 4) is 0 Å². The van der Waals surface area contributed by atoms with E-state index >= 15 is 0 Å². The Morgan fingerprint density at radius 3 is 2.75 bits per heavy atom. The van der Waals surface area contributed by atoms with Crippen molar-refractivity contribution in [1.29, 1.82) is 0 Å². The van der Waals surface area contributed by atoms with Crippen LogP contribution in [-0.2, 0) is 0 Å². The largest absolute Gasteiger partial charge is 0.466 e. The van der Waals surface area contributed by atoms with Gasteiger partial charge in [0.1, 0.15) is 11.9 Å². The third-order valence-electron chi connectivity index (χ3n) is 2.08. The topological polar surface area (TPSA) is 59.4 Å². The summed E-state index contributed by atoms with van der Waals surface area (Å²) in [6.07, 6.45) is 1.00. The highest BCUT2D eigenvalue weighted by molar-refractivity contribution is 5.17. The fourth-order valence-corrected chi connectivity index (χ4v) is 1.07. The lowest BCUT2D eigenvalue weighted by Gasteiger charge is -2.15. The van der Waals surface area contributed by atoms with Crippen LogP contribution in [0.15, 0.2) is 16.7 Å². The summed E-state index contributed by atoms with van der Waals surface area (Å²) in [5.41, 5.74) is 6.40. The molecule has 12 heavy (non-hydrogen) atoms. The van der Waals surface area contributed by atoms with E-state index in [0.29, 0.717) is 12.3 Å².